The van der Waals surface area contributed by atoms with Gasteiger partial charge in [-0.1, -0.05) is 24.3 Å². The van der Waals surface area contributed by atoms with Crippen LogP contribution in [-0.4, -0.2) is 22.3 Å². The van der Waals surface area contributed by atoms with Crippen LogP contribution in [0.2, 0.25) is 0 Å². The Bertz CT molecular complexity index is 867. The zero-order valence-corrected chi connectivity index (χ0v) is 14.1. The monoisotopic (exact) mass is 352 g/mol. The smallest absolute Gasteiger partial charge is 0.254 e. The number of carbonyl (C=O) groups excluding carboxylic acids is 1. The zero-order valence-electron chi connectivity index (χ0n) is 14.1. The summed E-state index contributed by atoms with van der Waals surface area (Å²) >= 11 is 0. The molecule has 132 valence electrons. The number of hydrogen-bond donors (Lipinski definition) is 0. The molecule has 0 atom stereocenters. The number of pyridine rings is 1. The van der Waals surface area contributed by atoms with Gasteiger partial charge in [0.15, 0.2) is 0 Å². The van der Waals surface area contributed by atoms with Crippen LogP contribution in [0.25, 0.3) is 0 Å². The van der Waals surface area contributed by atoms with Crippen LogP contribution in [0, 0.1) is 11.6 Å². The van der Waals surface area contributed by atoms with E-state index in [0.717, 1.165) is 5.56 Å². The van der Waals surface area contributed by atoms with E-state index in [2.05, 4.69) is 4.98 Å². The van der Waals surface area contributed by atoms with Gasteiger partial charge in [0, 0.05) is 31.0 Å². The number of carbonyl (C=O) groups is 1. The summed E-state index contributed by atoms with van der Waals surface area (Å²) in [5.41, 5.74) is 1.82. The van der Waals surface area contributed by atoms with Gasteiger partial charge in [0.05, 0.1) is 0 Å². The summed E-state index contributed by atoms with van der Waals surface area (Å²) in [5, 5.41) is 0. The molecule has 0 spiro atoms. The quantitative estimate of drug-likeness (QED) is 0.665. The van der Waals surface area contributed by atoms with Gasteiger partial charge in [-0.3, -0.25) is 9.78 Å². The Labute approximate surface area is 150 Å². The molecule has 0 unspecified atom stereocenters. The van der Waals surface area contributed by atoms with Crippen molar-refractivity contribution in [2.24, 2.45) is 0 Å². The number of amides is 1. The van der Waals surface area contributed by atoms with Crippen molar-refractivity contribution in [1.82, 2.24) is 9.88 Å². The minimum absolute atomic E-state index is 0.231. The average molecular weight is 352 g/mol. The minimum Gasteiger partial charge on any atom is -0.334 e. The van der Waals surface area contributed by atoms with Crippen molar-refractivity contribution in [3.05, 3.63) is 101 Å². The first kappa shape index (κ1) is 17.7. The molecule has 1 amide bonds. The predicted molar refractivity (Wildman–Crippen MR) is 95.5 cm³/mol. The number of nitrogens with zero attached hydrogens (tertiary/aromatic N) is 2. The summed E-state index contributed by atoms with van der Waals surface area (Å²) in [7, 11) is 0. The first-order valence-corrected chi connectivity index (χ1v) is 8.30. The molecule has 0 radical (unpaired) electrons. The van der Waals surface area contributed by atoms with E-state index < -0.39 is 5.82 Å². The Kier molecular flexibility index (Phi) is 5.69. The Balaban J connectivity index is 1.80. The molecular formula is C21H18F2N2O. The maximum Gasteiger partial charge on any atom is 0.254 e. The topological polar surface area (TPSA) is 33.2 Å². The first-order valence-electron chi connectivity index (χ1n) is 8.30. The highest BCUT2D eigenvalue weighted by molar-refractivity contribution is 5.94. The lowest BCUT2D eigenvalue weighted by molar-refractivity contribution is 0.0744. The van der Waals surface area contributed by atoms with E-state index in [1.165, 1.54) is 30.3 Å². The molecule has 1 heterocycles. The van der Waals surface area contributed by atoms with Crippen LogP contribution in [0.1, 0.15) is 21.5 Å². The van der Waals surface area contributed by atoms with Crippen molar-refractivity contribution in [2.75, 3.05) is 6.54 Å². The Morgan fingerprint density at radius 3 is 2.42 bits per heavy atom. The van der Waals surface area contributed by atoms with Gasteiger partial charge in [-0.15, -0.1) is 0 Å². The normalized spacial score (nSPS) is 10.5. The standard InChI is InChI=1S/C21H18F2N2O/c22-19-9-7-18(8-10-19)21(26)25(15-16-4-3-12-24-14-16)13-11-17-5-1-2-6-20(17)23/h1-10,12,14H,11,13,15H2. The van der Waals surface area contributed by atoms with Crippen molar-refractivity contribution in [3.8, 4) is 0 Å². The van der Waals surface area contributed by atoms with Crippen LogP contribution in [0.15, 0.2) is 73.1 Å². The second-order valence-electron chi connectivity index (χ2n) is 5.94. The summed E-state index contributed by atoms with van der Waals surface area (Å²) in [6.45, 7) is 0.685. The molecule has 0 bridgehead atoms. The Morgan fingerprint density at radius 2 is 1.73 bits per heavy atom. The molecule has 0 saturated carbocycles. The Morgan fingerprint density at radius 1 is 0.962 bits per heavy atom. The molecule has 0 saturated heterocycles. The van der Waals surface area contributed by atoms with Crippen LogP contribution in [0.3, 0.4) is 0 Å². The van der Waals surface area contributed by atoms with Crippen LogP contribution in [-0.2, 0) is 13.0 Å². The van der Waals surface area contributed by atoms with Gasteiger partial charge in [-0.05, 0) is 53.9 Å². The van der Waals surface area contributed by atoms with Gasteiger partial charge < -0.3 is 4.90 Å². The van der Waals surface area contributed by atoms with Crippen molar-refractivity contribution in [3.63, 3.8) is 0 Å². The van der Waals surface area contributed by atoms with Gasteiger partial charge in [0.25, 0.3) is 5.91 Å². The number of benzene rings is 2. The van der Waals surface area contributed by atoms with Gasteiger partial charge in [0.2, 0.25) is 0 Å². The summed E-state index contributed by atoms with van der Waals surface area (Å²) < 4.78 is 27.0. The fraction of sp³-hybridized carbons (Fsp3) is 0.143. The summed E-state index contributed by atoms with van der Waals surface area (Å²) in [4.78, 5) is 18.5. The lowest BCUT2D eigenvalue weighted by Crippen LogP contribution is -2.32. The van der Waals surface area contributed by atoms with Gasteiger partial charge in [-0.25, -0.2) is 8.78 Å². The molecule has 2 aromatic carbocycles. The Hall–Kier alpha value is -3.08. The minimum atomic E-state index is -0.397. The number of hydrogen-bond acceptors (Lipinski definition) is 2. The number of aromatic nitrogens is 1. The van der Waals surface area contributed by atoms with Crippen molar-refractivity contribution in [1.29, 1.82) is 0 Å². The van der Waals surface area contributed by atoms with E-state index in [4.69, 9.17) is 0 Å². The predicted octanol–water partition coefficient (Wildman–Crippen LogP) is 4.24. The molecule has 3 rings (SSSR count). The summed E-state index contributed by atoms with van der Waals surface area (Å²) in [6.07, 6.45) is 3.74. The zero-order chi connectivity index (χ0) is 18.4. The molecule has 1 aromatic heterocycles. The van der Waals surface area contributed by atoms with E-state index in [-0.39, 0.29) is 11.7 Å². The molecular weight excluding hydrogens is 334 g/mol. The molecule has 0 aliphatic rings. The highest BCUT2D eigenvalue weighted by Crippen LogP contribution is 2.13. The molecule has 0 aliphatic heterocycles. The number of halogens is 2. The van der Waals surface area contributed by atoms with Crippen molar-refractivity contribution in [2.45, 2.75) is 13.0 Å². The van der Waals surface area contributed by atoms with E-state index in [0.29, 0.717) is 30.6 Å². The maximum absolute atomic E-state index is 13.9. The second kappa shape index (κ2) is 8.34. The third kappa shape index (κ3) is 4.51. The molecule has 0 fully saturated rings. The van der Waals surface area contributed by atoms with Crippen molar-refractivity contribution < 1.29 is 13.6 Å². The van der Waals surface area contributed by atoms with E-state index in [1.807, 2.05) is 6.07 Å². The highest BCUT2D eigenvalue weighted by atomic mass is 19.1. The van der Waals surface area contributed by atoms with Gasteiger partial charge in [-0.2, -0.15) is 0 Å². The molecule has 3 aromatic rings. The summed E-state index contributed by atoms with van der Waals surface area (Å²) in [5.74, 6) is -0.917. The number of rotatable bonds is 6. The van der Waals surface area contributed by atoms with Crippen LogP contribution >= 0.6 is 0 Å². The lowest BCUT2D eigenvalue weighted by atomic mass is 10.1. The largest absolute Gasteiger partial charge is 0.334 e. The molecule has 3 nitrogen and oxygen atoms in total. The lowest BCUT2D eigenvalue weighted by Gasteiger charge is -2.23. The SMILES string of the molecule is O=C(c1ccc(F)cc1)N(CCc1ccccc1F)Cc1cccnc1. The van der Waals surface area contributed by atoms with E-state index >= 15 is 0 Å². The van der Waals surface area contributed by atoms with Gasteiger partial charge >= 0.3 is 0 Å². The fourth-order valence-corrected chi connectivity index (χ4v) is 2.70. The fourth-order valence-electron chi connectivity index (χ4n) is 2.70. The van der Waals surface area contributed by atoms with Crippen molar-refractivity contribution >= 4 is 5.91 Å². The summed E-state index contributed by atoms with van der Waals surface area (Å²) in [6, 6.07) is 15.6. The first-order chi connectivity index (χ1) is 12.6. The second-order valence-corrected chi connectivity index (χ2v) is 5.94. The van der Waals surface area contributed by atoms with Crippen LogP contribution < -0.4 is 0 Å². The van der Waals surface area contributed by atoms with E-state index in [9.17, 15) is 13.6 Å². The highest BCUT2D eigenvalue weighted by Gasteiger charge is 2.17. The third-order valence-electron chi connectivity index (χ3n) is 4.08. The average Bonchev–Trinajstić information content (AvgIpc) is 2.67. The molecule has 5 heteroatoms. The van der Waals surface area contributed by atoms with Gasteiger partial charge in [0.1, 0.15) is 11.6 Å². The van der Waals surface area contributed by atoms with Crippen LogP contribution in [0.5, 0.6) is 0 Å². The van der Waals surface area contributed by atoms with Crippen LogP contribution in [0.4, 0.5) is 8.78 Å². The van der Waals surface area contributed by atoms with E-state index in [1.54, 1.807) is 41.6 Å². The molecule has 0 N–H and O–H groups in total. The maximum atomic E-state index is 13.9. The molecule has 26 heavy (non-hydrogen) atoms. The third-order valence-corrected chi connectivity index (χ3v) is 4.08. The molecule has 0 aliphatic carbocycles.